The Hall–Kier alpha value is -5.14. The van der Waals surface area contributed by atoms with E-state index in [1.807, 2.05) is 0 Å². The van der Waals surface area contributed by atoms with Crippen LogP contribution in [0.25, 0.3) is 54.9 Å². The smallest absolute Gasteiger partial charge is 0.0387 e. The van der Waals surface area contributed by atoms with Crippen molar-refractivity contribution >= 4 is 32.9 Å². The predicted octanol–water partition coefficient (Wildman–Crippen LogP) is 17.4. The Morgan fingerprint density at radius 2 is 0.914 bits per heavy atom. The molecule has 1 heteroatoms. The van der Waals surface area contributed by atoms with Gasteiger partial charge >= 0.3 is 0 Å². The van der Waals surface area contributed by atoms with Gasteiger partial charge in [0.1, 0.15) is 0 Å². The molecule has 0 amide bonds. The Kier molecular flexibility index (Phi) is 11.9. The minimum Gasteiger partial charge on any atom is -0.356 e. The third kappa shape index (κ3) is 7.38. The van der Waals surface area contributed by atoms with E-state index in [2.05, 4.69) is 179 Å². The zero-order chi connectivity index (χ0) is 40.1. The van der Waals surface area contributed by atoms with E-state index in [4.69, 9.17) is 0 Å². The summed E-state index contributed by atoms with van der Waals surface area (Å²) >= 11 is 0. The summed E-state index contributed by atoms with van der Waals surface area (Å²) < 4.78 is 0. The van der Waals surface area contributed by atoms with Gasteiger partial charge in [-0.1, -0.05) is 201 Å². The standard InChI is InChI=1S/C57H63N/c1-6-10-12-20-38-57(39-21-13-11-7-2)52-27-19-18-22-46(52)47-37-36-45(40-53(47)57)58-44-34-30-42(31-35-44)55-50-25-16-14-23-48(50)54(49-24-15-17-26-51(49)55)41-28-32-43(33-29-41)56(5,8-3)9-4/h14-19,22-37,40,58H,6-13,20-21,38-39H2,1-5H3. The molecular formula is C57H63N. The normalized spacial score (nSPS) is 13.2. The van der Waals surface area contributed by atoms with Crippen molar-refractivity contribution in [1.82, 2.24) is 0 Å². The molecule has 0 radical (unpaired) electrons. The van der Waals surface area contributed by atoms with E-state index in [0.717, 1.165) is 18.5 Å². The first kappa shape index (κ1) is 39.7. The topological polar surface area (TPSA) is 12.0 Å². The minimum atomic E-state index is 0.0802. The summed E-state index contributed by atoms with van der Waals surface area (Å²) in [5, 5.41) is 9.04. The fourth-order valence-electron chi connectivity index (χ4n) is 10.2. The highest BCUT2D eigenvalue weighted by Crippen LogP contribution is 2.55. The quantitative estimate of drug-likeness (QED) is 0.0720. The molecule has 0 fully saturated rings. The van der Waals surface area contributed by atoms with Gasteiger partial charge in [0.2, 0.25) is 0 Å². The number of rotatable bonds is 17. The molecule has 0 aromatic heterocycles. The lowest BCUT2D eigenvalue weighted by atomic mass is 9.70. The van der Waals surface area contributed by atoms with Crippen LogP contribution in [0.4, 0.5) is 11.4 Å². The number of hydrogen-bond donors (Lipinski definition) is 1. The molecule has 1 N–H and O–H groups in total. The van der Waals surface area contributed by atoms with Gasteiger partial charge in [0.25, 0.3) is 0 Å². The zero-order valence-electron chi connectivity index (χ0n) is 35.8. The number of hydrogen-bond acceptors (Lipinski definition) is 1. The van der Waals surface area contributed by atoms with Crippen LogP contribution in [-0.4, -0.2) is 0 Å². The highest BCUT2D eigenvalue weighted by atomic mass is 14.9. The summed E-state index contributed by atoms with van der Waals surface area (Å²) in [6.45, 7) is 11.6. The molecule has 0 bridgehead atoms. The summed E-state index contributed by atoms with van der Waals surface area (Å²) in [5.74, 6) is 0. The van der Waals surface area contributed by atoms with Crippen LogP contribution in [0.1, 0.15) is 128 Å². The zero-order valence-corrected chi connectivity index (χ0v) is 35.8. The summed E-state index contributed by atoms with van der Waals surface area (Å²) in [6.07, 6.45) is 15.1. The third-order valence-corrected chi connectivity index (χ3v) is 14.0. The van der Waals surface area contributed by atoms with Crippen LogP contribution in [0, 0.1) is 0 Å². The Balaban J connectivity index is 1.14. The fraction of sp³-hybridized carbons (Fsp3) is 0.333. The van der Waals surface area contributed by atoms with E-state index >= 15 is 0 Å². The molecule has 296 valence electrons. The van der Waals surface area contributed by atoms with Crippen LogP contribution < -0.4 is 5.32 Å². The lowest BCUT2D eigenvalue weighted by Crippen LogP contribution is -2.25. The van der Waals surface area contributed by atoms with Crippen molar-refractivity contribution in [2.75, 3.05) is 5.32 Å². The molecule has 1 aliphatic rings. The maximum atomic E-state index is 3.86. The second-order valence-electron chi connectivity index (χ2n) is 17.4. The van der Waals surface area contributed by atoms with Crippen molar-refractivity contribution in [3.05, 3.63) is 156 Å². The van der Waals surface area contributed by atoms with E-state index in [9.17, 15) is 0 Å². The first-order valence-electron chi connectivity index (χ1n) is 22.6. The van der Waals surface area contributed by atoms with E-state index < -0.39 is 0 Å². The van der Waals surface area contributed by atoms with Crippen molar-refractivity contribution in [1.29, 1.82) is 0 Å². The van der Waals surface area contributed by atoms with Crippen molar-refractivity contribution < 1.29 is 0 Å². The molecule has 0 spiro atoms. The number of unbranched alkanes of at least 4 members (excludes halogenated alkanes) is 6. The first-order chi connectivity index (χ1) is 28.4. The molecule has 0 aliphatic heterocycles. The van der Waals surface area contributed by atoms with Gasteiger partial charge < -0.3 is 5.32 Å². The Labute approximate surface area is 349 Å². The number of benzene rings is 7. The molecule has 1 aliphatic carbocycles. The molecule has 0 atom stereocenters. The SMILES string of the molecule is CCCCCCC1(CCCCCC)c2ccccc2-c2ccc(Nc3ccc(-c4c5ccccc5c(-c5ccc(C(C)(CC)CC)cc5)c5ccccc45)cc3)cc21. The first-order valence-corrected chi connectivity index (χ1v) is 22.6. The number of fused-ring (bicyclic) bond motifs is 5. The molecule has 0 saturated heterocycles. The summed E-state index contributed by atoms with van der Waals surface area (Å²) in [4.78, 5) is 0. The second kappa shape index (κ2) is 17.4. The predicted molar refractivity (Wildman–Crippen MR) is 254 cm³/mol. The van der Waals surface area contributed by atoms with Gasteiger partial charge in [0.05, 0.1) is 0 Å². The molecule has 0 heterocycles. The highest BCUT2D eigenvalue weighted by molar-refractivity contribution is 6.21. The molecular weight excluding hydrogens is 699 g/mol. The van der Waals surface area contributed by atoms with Crippen molar-refractivity contribution in [3.8, 4) is 33.4 Å². The van der Waals surface area contributed by atoms with E-state index in [-0.39, 0.29) is 10.8 Å². The van der Waals surface area contributed by atoms with Crippen molar-refractivity contribution in [2.45, 2.75) is 122 Å². The maximum absolute atomic E-state index is 3.86. The van der Waals surface area contributed by atoms with Crippen molar-refractivity contribution in [2.24, 2.45) is 0 Å². The lowest BCUT2D eigenvalue weighted by molar-refractivity contribution is 0.401. The number of nitrogens with one attached hydrogen (secondary N) is 1. The molecule has 1 nitrogen and oxygen atoms in total. The van der Waals surface area contributed by atoms with E-state index in [0.29, 0.717) is 0 Å². The van der Waals surface area contributed by atoms with E-state index in [1.165, 1.54) is 136 Å². The monoisotopic (exact) mass is 761 g/mol. The average Bonchev–Trinajstić information content (AvgIpc) is 3.54. The van der Waals surface area contributed by atoms with Crippen molar-refractivity contribution in [3.63, 3.8) is 0 Å². The molecule has 8 rings (SSSR count). The third-order valence-electron chi connectivity index (χ3n) is 14.0. The molecule has 58 heavy (non-hydrogen) atoms. The maximum Gasteiger partial charge on any atom is 0.0387 e. The molecule has 0 unspecified atom stereocenters. The Morgan fingerprint density at radius 1 is 0.448 bits per heavy atom. The van der Waals surface area contributed by atoms with Gasteiger partial charge in [-0.05, 0) is 127 Å². The van der Waals surface area contributed by atoms with Gasteiger partial charge in [0.15, 0.2) is 0 Å². The molecule has 0 saturated carbocycles. The fourth-order valence-corrected chi connectivity index (χ4v) is 10.2. The van der Waals surface area contributed by atoms with Crippen LogP contribution in [0.15, 0.2) is 140 Å². The number of anilines is 2. The molecule has 7 aromatic rings. The lowest BCUT2D eigenvalue weighted by Gasteiger charge is -2.33. The van der Waals surface area contributed by atoms with Gasteiger partial charge in [0, 0.05) is 16.8 Å². The average molecular weight is 762 g/mol. The Morgan fingerprint density at radius 3 is 1.43 bits per heavy atom. The summed E-state index contributed by atoms with van der Waals surface area (Å²) in [5.41, 5.74) is 15.1. The van der Waals surface area contributed by atoms with Gasteiger partial charge in [-0.15, -0.1) is 0 Å². The van der Waals surface area contributed by atoms with Crippen LogP contribution in [0.3, 0.4) is 0 Å². The summed E-state index contributed by atoms with van der Waals surface area (Å²) in [7, 11) is 0. The van der Waals surface area contributed by atoms with Gasteiger partial charge in [-0.3, -0.25) is 0 Å². The largest absolute Gasteiger partial charge is 0.356 e. The van der Waals surface area contributed by atoms with Gasteiger partial charge in [-0.2, -0.15) is 0 Å². The van der Waals surface area contributed by atoms with Crippen LogP contribution in [-0.2, 0) is 10.8 Å². The van der Waals surface area contributed by atoms with Crippen LogP contribution >= 0.6 is 0 Å². The highest BCUT2D eigenvalue weighted by Gasteiger charge is 2.42. The minimum absolute atomic E-state index is 0.0802. The van der Waals surface area contributed by atoms with Crippen LogP contribution in [0.2, 0.25) is 0 Å². The molecule has 7 aromatic carbocycles. The van der Waals surface area contributed by atoms with E-state index in [1.54, 1.807) is 5.56 Å². The second-order valence-corrected chi connectivity index (χ2v) is 17.4. The van der Waals surface area contributed by atoms with Crippen LogP contribution in [0.5, 0.6) is 0 Å². The summed E-state index contributed by atoms with van der Waals surface area (Å²) in [6, 6.07) is 53.1. The Bertz CT molecular complexity index is 2410. The van der Waals surface area contributed by atoms with Gasteiger partial charge in [-0.25, -0.2) is 0 Å².